The molecule has 5 heteroatoms. The lowest BCUT2D eigenvalue weighted by atomic mass is 10.1. The Bertz CT molecular complexity index is 402. The zero-order valence-electron chi connectivity index (χ0n) is 12.0. The first-order chi connectivity index (χ1) is 8.99. The van der Waals surface area contributed by atoms with Crippen molar-refractivity contribution in [3.63, 3.8) is 0 Å². The van der Waals surface area contributed by atoms with Gasteiger partial charge in [0.25, 0.3) is 0 Å². The van der Waals surface area contributed by atoms with E-state index in [4.69, 9.17) is 0 Å². The van der Waals surface area contributed by atoms with Gasteiger partial charge in [0.15, 0.2) is 0 Å². The number of hydrogen-bond donors (Lipinski definition) is 1. The van der Waals surface area contributed by atoms with E-state index in [1.54, 1.807) is 6.20 Å². The highest BCUT2D eigenvalue weighted by Gasteiger charge is 2.18. The fourth-order valence-electron chi connectivity index (χ4n) is 1.71. The Morgan fingerprint density at radius 3 is 2.42 bits per heavy atom. The van der Waals surface area contributed by atoms with Crippen molar-refractivity contribution < 1.29 is 4.79 Å². The third-order valence-electron chi connectivity index (χ3n) is 2.94. The fraction of sp³-hybridized carbons (Fsp3) is 0.571. The summed E-state index contributed by atoms with van der Waals surface area (Å²) < 4.78 is 0. The van der Waals surface area contributed by atoms with Gasteiger partial charge in [-0.15, -0.1) is 0 Å². The molecule has 106 valence electrons. The summed E-state index contributed by atoms with van der Waals surface area (Å²) in [6, 6.07) is 3.82. The van der Waals surface area contributed by atoms with E-state index >= 15 is 0 Å². The summed E-state index contributed by atoms with van der Waals surface area (Å²) in [6.07, 6.45) is 1.70. The van der Waals surface area contributed by atoms with Crippen LogP contribution in [0.5, 0.6) is 0 Å². The van der Waals surface area contributed by atoms with Gasteiger partial charge >= 0.3 is 0 Å². The van der Waals surface area contributed by atoms with Crippen LogP contribution in [0.15, 0.2) is 18.3 Å². The molecule has 1 rings (SSSR count). The topological polar surface area (TPSA) is 45.2 Å². The number of hydrogen-bond acceptors (Lipinski definition) is 3. The van der Waals surface area contributed by atoms with Gasteiger partial charge in [-0.1, -0.05) is 29.8 Å². The van der Waals surface area contributed by atoms with E-state index in [2.05, 4.69) is 45.0 Å². The number of halogens is 1. The number of aromatic nitrogens is 1. The molecule has 0 aliphatic heterocycles. The third-order valence-corrected chi connectivity index (χ3v) is 4.41. The van der Waals surface area contributed by atoms with Crippen LogP contribution < -0.4 is 10.2 Å². The highest BCUT2D eigenvalue weighted by atomic mass is 79.9. The highest BCUT2D eigenvalue weighted by Crippen LogP contribution is 2.17. The van der Waals surface area contributed by atoms with Crippen molar-refractivity contribution in [3.05, 3.63) is 18.3 Å². The predicted molar refractivity (Wildman–Crippen MR) is 84.0 cm³/mol. The van der Waals surface area contributed by atoms with Crippen LogP contribution in [0.1, 0.15) is 27.7 Å². The second-order valence-corrected chi connectivity index (χ2v) is 5.70. The molecule has 0 aromatic carbocycles. The molecule has 1 N–H and O–H groups in total. The second-order valence-electron chi connectivity index (χ2n) is 4.71. The van der Waals surface area contributed by atoms with Crippen LogP contribution in [-0.4, -0.2) is 28.8 Å². The van der Waals surface area contributed by atoms with Crippen molar-refractivity contribution in [2.75, 3.05) is 23.3 Å². The van der Waals surface area contributed by atoms with E-state index in [0.29, 0.717) is 0 Å². The largest absolute Gasteiger partial charge is 0.357 e. The average Bonchev–Trinajstić information content (AvgIpc) is 2.41. The van der Waals surface area contributed by atoms with E-state index in [-0.39, 0.29) is 16.7 Å². The molecule has 1 aromatic rings. The van der Waals surface area contributed by atoms with E-state index in [9.17, 15) is 4.79 Å². The number of rotatable bonds is 6. The van der Waals surface area contributed by atoms with Crippen LogP contribution in [0.2, 0.25) is 0 Å². The molecule has 0 bridgehead atoms. The van der Waals surface area contributed by atoms with Gasteiger partial charge in [-0.25, -0.2) is 4.98 Å². The van der Waals surface area contributed by atoms with Crippen molar-refractivity contribution in [2.45, 2.75) is 32.5 Å². The number of pyridine rings is 1. The number of nitrogens with one attached hydrogen (secondary N) is 1. The van der Waals surface area contributed by atoms with Crippen LogP contribution in [0.25, 0.3) is 0 Å². The normalized spacial score (nSPS) is 12.3. The Kier molecular flexibility index (Phi) is 6.28. The van der Waals surface area contributed by atoms with Crippen LogP contribution in [0.4, 0.5) is 11.5 Å². The lowest BCUT2D eigenvalue weighted by Gasteiger charge is -2.20. The van der Waals surface area contributed by atoms with Crippen LogP contribution in [0, 0.1) is 5.92 Å². The zero-order valence-corrected chi connectivity index (χ0v) is 13.6. The molecule has 0 aliphatic carbocycles. The van der Waals surface area contributed by atoms with E-state index in [1.807, 2.05) is 26.0 Å². The third kappa shape index (κ3) is 4.49. The highest BCUT2D eigenvalue weighted by molar-refractivity contribution is 9.10. The maximum Gasteiger partial charge on any atom is 0.238 e. The van der Waals surface area contributed by atoms with Gasteiger partial charge in [0.05, 0.1) is 16.7 Å². The summed E-state index contributed by atoms with van der Waals surface area (Å²) in [5.41, 5.74) is 0.728. The molecule has 0 saturated carbocycles. The summed E-state index contributed by atoms with van der Waals surface area (Å²) in [7, 11) is 0. The Balaban J connectivity index is 2.69. The lowest BCUT2D eigenvalue weighted by molar-refractivity contribution is -0.116. The molecule has 0 saturated heterocycles. The molecule has 0 spiro atoms. The van der Waals surface area contributed by atoms with Gasteiger partial charge in [0, 0.05) is 13.1 Å². The van der Waals surface area contributed by atoms with Gasteiger partial charge in [-0.2, -0.15) is 0 Å². The molecule has 1 heterocycles. The van der Waals surface area contributed by atoms with Gasteiger partial charge in [0.1, 0.15) is 5.82 Å². The first-order valence-corrected chi connectivity index (χ1v) is 7.57. The van der Waals surface area contributed by atoms with Crippen LogP contribution in [0.3, 0.4) is 0 Å². The van der Waals surface area contributed by atoms with Gasteiger partial charge in [0.2, 0.25) is 5.91 Å². The van der Waals surface area contributed by atoms with Gasteiger partial charge in [-0.05, 0) is 31.9 Å². The summed E-state index contributed by atoms with van der Waals surface area (Å²) in [4.78, 5) is 18.2. The number of nitrogens with zero attached hydrogens (tertiary/aromatic N) is 2. The maximum atomic E-state index is 11.9. The first kappa shape index (κ1) is 16.0. The minimum absolute atomic E-state index is 0.0348. The molecule has 0 fully saturated rings. The molecule has 1 amide bonds. The number of carbonyl (C=O) groups excluding carboxylic acids is 1. The van der Waals surface area contributed by atoms with Crippen LogP contribution in [-0.2, 0) is 4.79 Å². The zero-order chi connectivity index (χ0) is 14.4. The SMILES string of the molecule is CCN(CC)c1ccc(NC(=O)C(Br)C(C)C)cn1. The van der Waals surface area contributed by atoms with Crippen molar-refractivity contribution >= 4 is 33.3 Å². The Hall–Kier alpha value is -1.10. The average molecular weight is 328 g/mol. The predicted octanol–water partition coefficient (Wildman–Crippen LogP) is 3.29. The van der Waals surface area contributed by atoms with Gasteiger partial charge in [-0.3, -0.25) is 4.79 Å². The molecule has 1 unspecified atom stereocenters. The second kappa shape index (κ2) is 7.48. The van der Waals surface area contributed by atoms with E-state index < -0.39 is 0 Å². The molecular weight excluding hydrogens is 306 g/mol. The van der Waals surface area contributed by atoms with E-state index in [0.717, 1.165) is 24.6 Å². The molecule has 1 atom stereocenters. The number of carbonyl (C=O) groups is 1. The number of anilines is 2. The first-order valence-electron chi connectivity index (χ1n) is 6.65. The summed E-state index contributed by atoms with van der Waals surface area (Å²) in [6.45, 7) is 10.0. The number of amides is 1. The molecular formula is C14H22BrN3O. The standard InChI is InChI=1S/C14H22BrN3O/c1-5-18(6-2)12-8-7-11(9-16-12)17-14(19)13(15)10(3)4/h7-10,13H,5-6H2,1-4H3,(H,17,19). The smallest absolute Gasteiger partial charge is 0.238 e. The number of alkyl halides is 1. The molecule has 19 heavy (non-hydrogen) atoms. The van der Waals surface area contributed by atoms with Gasteiger partial charge < -0.3 is 10.2 Å². The minimum atomic E-state index is -0.185. The molecule has 1 aromatic heterocycles. The monoisotopic (exact) mass is 327 g/mol. The molecule has 0 aliphatic rings. The molecule has 4 nitrogen and oxygen atoms in total. The van der Waals surface area contributed by atoms with Crippen LogP contribution >= 0.6 is 15.9 Å². The van der Waals surface area contributed by atoms with Crippen molar-refractivity contribution in [3.8, 4) is 0 Å². The quantitative estimate of drug-likeness (QED) is 0.815. The maximum absolute atomic E-state index is 11.9. The summed E-state index contributed by atoms with van der Waals surface area (Å²) in [5, 5.41) is 2.86. The fourth-order valence-corrected chi connectivity index (χ4v) is 1.82. The molecule has 0 radical (unpaired) electrons. The van der Waals surface area contributed by atoms with Crippen molar-refractivity contribution in [1.29, 1.82) is 0 Å². The lowest BCUT2D eigenvalue weighted by Crippen LogP contribution is -2.27. The summed E-state index contributed by atoms with van der Waals surface area (Å²) in [5.74, 6) is 1.15. The Morgan fingerprint density at radius 1 is 1.37 bits per heavy atom. The minimum Gasteiger partial charge on any atom is -0.357 e. The van der Waals surface area contributed by atoms with Crippen molar-refractivity contribution in [1.82, 2.24) is 4.98 Å². The summed E-state index contributed by atoms with van der Waals surface area (Å²) >= 11 is 3.38. The Labute approximate surface area is 123 Å². The van der Waals surface area contributed by atoms with Crippen molar-refractivity contribution in [2.24, 2.45) is 5.92 Å². The Morgan fingerprint density at radius 2 is 2.00 bits per heavy atom. The van der Waals surface area contributed by atoms with E-state index in [1.165, 1.54) is 0 Å².